The van der Waals surface area contributed by atoms with Crippen LogP contribution in [0.5, 0.6) is 0 Å². The summed E-state index contributed by atoms with van der Waals surface area (Å²) in [5, 5.41) is 2.75. The predicted molar refractivity (Wildman–Crippen MR) is 75.2 cm³/mol. The highest BCUT2D eigenvalue weighted by Gasteiger charge is 2.09. The highest BCUT2D eigenvalue weighted by atomic mass is 16.1. The molecule has 0 radical (unpaired) electrons. The summed E-state index contributed by atoms with van der Waals surface area (Å²) < 4.78 is 0. The van der Waals surface area contributed by atoms with Crippen molar-refractivity contribution in [1.82, 2.24) is 15.3 Å². The molecule has 1 atom stereocenters. The number of H-pyrrole nitrogens is 1. The van der Waals surface area contributed by atoms with Gasteiger partial charge in [-0.1, -0.05) is 13.8 Å². The van der Waals surface area contributed by atoms with E-state index in [0.717, 1.165) is 31.4 Å². The fourth-order valence-electron chi connectivity index (χ4n) is 1.82. The van der Waals surface area contributed by atoms with E-state index in [4.69, 9.17) is 0 Å². The molecule has 0 unspecified atom stereocenters. The first kappa shape index (κ1) is 15.4. The normalized spacial score (nSPS) is 12.2. The lowest BCUT2D eigenvalue weighted by molar-refractivity contribution is -0.118. The highest BCUT2D eigenvalue weighted by Crippen LogP contribution is 2.11. The van der Waals surface area contributed by atoms with Crippen LogP contribution in [-0.2, 0) is 11.2 Å². The van der Waals surface area contributed by atoms with Crippen LogP contribution in [0.25, 0.3) is 0 Å². The Morgan fingerprint density at radius 3 is 2.79 bits per heavy atom. The number of nitrogens with zero attached hydrogens (tertiary/aromatic N) is 1. The summed E-state index contributed by atoms with van der Waals surface area (Å²) in [4.78, 5) is 29.7. The molecule has 0 saturated carbocycles. The molecule has 1 amide bonds. The van der Waals surface area contributed by atoms with Crippen LogP contribution in [0.2, 0.25) is 0 Å². The molecule has 0 aliphatic carbocycles. The molecule has 1 rings (SSSR count). The van der Waals surface area contributed by atoms with Gasteiger partial charge in [-0.2, -0.15) is 0 Å². The van der Waals surface area contributed by atoms with E-state index in [0.29, 0.717) is 12.2 Å². The van der Waals surface area contributed by atoms with E-state index in [2.05, 4.69) is 15.3 Å². The second-order valence-electron chi connectivity index (χ2n) is 4.87. The molecule has 0 fully saturated rings. The number of carbonyl (C=O) groups is 1. The van der Waals surface area contributed by atoms with E-state index in [1.165, 1.54) is 6.92 Å². The lowest BCUT2D eigenvalue weighted by atomic mass is 10.1. The number of hydrogen-bond acceptors (Lipinski definition) is 3. The van der Waals surface area contributed by atoms with Crippen LogP contribution in [-0.4, -0.2) is 22.4 Å². The molecule has 0 bridgehead atoms. The van der Waals surface area contributed by atoms with Crippen molar-refractivity contribution in [3.63, 3.8) is 0 Å². The Bertz CT molecular complexity index is 468. The third-order valence-corrected chi connectivity index (χ3v) is 3.19. The molecule has 5 nitrogen and oxygen atoms in total. The van der Waals surface area contributed by atoms with Crippen molar-refractivity contribution in [3.05, 3.63) is 27.9 Å². The Kier molecular flexibility index (Phi) is 6.25. The van der Waals surface area contributed by atoms with Crippen molar-refractivity contribution in [2.24, 2.45) is 0 Å². The van der Waals surface area contributed by atoms with E-state index in [1.807, 2.05) is 13.8 Å². The predicted octanol–water partition coefficient (Wildman–Crippen LogP) is 1.74. The van der Waals surface area contributed by atoms with Gasteiger partial charge in [0, 0.05) is 31.3 Å². The zero-order valence-corrected chi connectivity index (χ0v) is 12.0. The van der Waals surface area contributed by atoms with E-state index in [-0.39, 0.29) is 17.4 Å². The average Bonchev–Trinajstić information content (AvgIpc) is 2.37. The average molecular weight is 265 g/mol. The molecule has 1 aromatic heterocycles. The molecular formula is C14H23N3O2. The number of amides is 1. The number of nitrogens with one attached hydrogen (secondary N) is 2. The van der Waals surface area contributed by atoms with E-state index >= 15 is 0 Å². The van der Waals surface area contributed by atoms with Crippen LogP contribution in [0.15, 0.2) is 11.0 Å². The molecule has 0 saturated heterocycles. The summed E-state index contributed by atoms with van der Waals surface area (Å²) in [7, 11) is 0. The molecule has 19 heavy (non-hydrogen) atoms. The van der Waals surface area contributed by atoms with Crippen LogP contribution in [0.3, 0.4) is 0 Å². The third kappa shape index (κ3) is 5.24. The number of aromatic amines is 1. The van der Waals surface area contributed by atoms with Crippen molar-refractivity contribution in [2.45, 2.75) is 52.4 Å². The summed E-state index contributed by atoms with van der Waals surface area (Å²) in [6.07, 6.45) is 5.26. The molecule has 0 aliphatic heterocycles. The van der Waals surface area contributed by atoms with E-state index in [9.17, 15) is 9.59 Å². The number of unbranched alkanes of at least 4 members (excludes halogenated alkanes) is 1. The van der Waals surface area contributed by atoms with Crippen LogP contribution in [0, 0.1) is 0 Å². The van der Waals surface area contributed by atoms with E-state index in [1.54, 1.807) is 6.20 Å². The zero-order chi connectivity index (χ0) is 14.3. The van der Waals surface area contributed by atoms with Gasteiger partial charge in [-0.05, 0) is 25.7 Å². The second-order valence-corrected chi connectivity index (χ2v) is 4.87. The number of aryl methyl sites for hydroxylation is 1. The van der Waals surface area contributed by atoms with Crippen molar-refractivity contribution in [2.75, 3.05) is 6.54 Å². The van der Waals surface area contributed by atoms with Crippen molar-refractivity contribution >= 4 is 5.91 Å². The summed E-state index contributed by atoms with van der Waals surface area (Å²) in [6.45, 7) is 6.24. The molecule has 0 aromatic carbocycles. The molecule has 0 aliphatic rings. The first-order chi connectivity index (χ1) is 9.04. The minimum Gasteiger partial charge on any atom is -0.356 e. The Morgan fingerprint density at radius 1 is 1.47 bits per heavy atom. The van der Waals surface area contributed by atoms with Crippen LogP contribution in [0.4, 0.5) is 0 Å². The summed E-state index contributed by atoms with van der Waals surface area (Å²) in [5.41, 5.74) is 1.40. The first-order valence-corrected chi connectivity index (χ1v) is 6.87. The maximum absolute atomic E-state index is 11.8. The Balaban J connectivity index is 2.46. The SMILES string of the molecule is CC[C@@H](C)c1ncc(CCCCNC(C)=O)[nH]c1=O. The molecular weight excluding hydrogens is 242 g/mol. The minimum absolute atomic E-state index is 0.00650. The molecule has 106 valence electrons. The number of rotatable bonds is 7. The van der Waals surface area contributed by atoms with Gasteiger partial charge in [-0.15, -0.1) is 0 Å². The van der Waals surface area contributed by atoms with Gasteiger partial charge in [0.15, 0.2) is 0 Å². The largest absolute Gasteiger partial charge is 0.356 e. The van der Waals surface area contributed by atoms with Gasteiger partial charge in [0.25, 0.3) is 5.56 Å². The van der Waals surface area contributed by atoms with Gasteiger partial charge in [-0.3, -0.25) is 14.6 Å². The molecule has 2 N–H and O–H groups in total. The van der Waals surface area contributed by atoms with Crippen molar-refractivity contribution in [3.8, 4) is 0 Å². The molecule has 1 heterocycles. The monoisotopic (exact) mass is 265 g/mol. The van der Waals surface area contributed by atoms with Gasteiger partial charge in [0.05, 0.1) is 0 Å². The Labute approximate surface area is 113 Å². The zero-order valence-electron chi connectivity index (χ0n) is 12.0. The van der Waals surface area contributed by atoms with Gasteiger partial charge >= 0.3 is 0 Å². The lowest BCUT2D eigenvalue weighted by Gasteiger charge is -2.08. The van der Waals surface area contributed by atoms with Gasteiger partial charge in [0.2, 0.25) is 5.91 Å². The van der Waals surface area contributed by atoms with Crippen molar-refractivity contribution in [1.29, 1.82) is 0 Å². The molecule has 0 spiro atoms. The Hall–Kier alpha value is -1.65. The quantitative estimate of drug-likeness (QED) is 0.737. The molecule has 1 aromatic rings. The number of carbonyl (C=O) groups excluding carboxylic acids is 1. The maximum atomic E-state index is 11.8. The fourth-order valence-corrected chi connectivity index (χ4v) is 1.82. The summed E-state index contributed by atoms with van der Waals surface area (Å²) in [6, 6.07) is 0. The third-order valence-electron chi connectivity index (χ3n) is 3.19. The lowest BCUT2D eigenvalue weighted by Crippen LogP contribution is -2.21. The molecule has 5 heteroatoms. The minimum atomic E-state index is -0.0753. The standard InChI is InChI=1S/C14H23N3O2/c1-4-10(2)13-14(19)17-12(9-16-13)7-5-6-8-15-11(3)18/h9-10H,4-8H2,1-3H3,(H,15,18)(H,17,19)/t10-/m1/s1. The maximum Gasteiger partial charge on any atom is 0.270 e. The highest BCUT2D eigenvalue weighted by molar-refractivity contribution is 5.72. The number of aromatic nitrogens is 2. The fraction of sp³-hybridized carbons (Fsp3) is 0.643. The van der Waals surface area contributed by atoms with Crippen LogP contribution in [0.1, 0.15) is 57.3 Å². The summed E-state index contributed by atoms with van der Waals surface area (Å²) >= 11 is 0. The second kappa shape index (κ2) is 7.71. The van der Waals surface area contributed by atoms with Gasteiger partial charge in [-0.25, -0.2) is 0 Å². The van der Waals surface area contributed by atoms with Crippen LogP contribution < -0.4 is 10.9 Å². The van der Waals surface area contributed by atoms with Crippen molar-refractivity contribution < 1.29 is 4.79 Å². The van der Waals surface area contributed by atoms with Crippen LogP contribution >= 0.6 is 0 Å². The smallest absolute Gasteiger partial charge is 0.270 e. The van der Waals surface area contributed by atoms with E-state index < -0.39 is 0 Å². The van der Waals surface area contributed by atoms with Gasteiger partial charge < -0.3 is 10.3 Å². The van der Waals surface area contributed by atoms with Gasteiger partial charge in [0.1, 0.15) is 5.69 Å². The topological polar surface area (TPSA) is 74.8 Å². The summed E-state index contributed by atoms with van der Waals surface area (Å²) in [5.74, 6) is 0.186. The number of hydrogen-bond donors (Lipinski definition) is 2. The first-order valence-electron chi connectivity index (χ1n) is 6.87. The Morgan fingerprint density at radius 2 is 2.21 bits per heavy atom.